The molecular formula is C79H104N4O16S2. The molecule has 0 bridgehead atoms. The zero-order valence-electron chi connectivity index (χ0n) is 59.0. The van der Waals surface area contributed by atoms with E-state index in [0.29, 0.717) is 78.0 Å². The van der Waals surface area contributed by atoms with Crippen LogP contribution in [0.1, 0.15) is 228 Å². The Hall–Kier alpha value is -8.31. The summed E-state index contributed by atoms with van der Waals surface area (Å²) >= 11 is 2.63. The van der Waals surface area contributed by atoms with Crippen molar-refractivity contribution in [3.8, 4) is 34.4 Å². The fourth-order valence-corrected chi connectivity index (χ4v) is 13.8. The van der Waals surface area contributed by atoms with Gasteiger partial charge >= 0.3 is 23.9 Å². The summed E-state index contributed by atoms with van der Waals surface area (Å²) in [5.41, 5.74) is 6.94. The molecule has 5 aromatic carbocycles. The molecule has 7 rings (SSSR count). The number of allylic oxidation sites excluding steroid dienone is 3. The summed E-state index contributed by atoms with van der Waals surface area (Å²) in [6.07, 6.45) is 28.4. The molecule has 0 aliphatic carbocycles. The molecule has 101 heavy (non-hydrogen) atoms. The standard InChI is InChI=1S/C28H34O8.C26H34O5S.C25H36N4O3S/c1-4-8-21-23(12-10-20(17(2)29)27(21)31)34-13-6-5-7-14-35-26-16-25-19(15-22(26)18(3)30)9-11-24(36-25)28(32)33;27-23(28)18-19-32-25(24(29)26(30)31)22-17-11-10-16-21(22)15-9-4-2-1-3-6-12-20-13-7-5-8-14-20;1-2-3-4-5-6-7-8-9-10-11-12-16-22(33-18-17-23(30)31)24(32)20-14-13-15-21(19-20)25-26-28-29-27-25/h10,12,15-16,24,31H,4-9,11,13-14H2,1-3H3,(H,32,33);5,7-8,10-11,13-14,16-17,24-25,29H,1-4,6,9,12,15,18-19H2,(H,27,28)(H,30,31);10-16,19,22,24,32H,2-9,17-18H2,1H3,(H,30,31)(H,26,27,28,29)/b;;11-10-,16-12+/t;24-,25-;22-,24+/m.11/s1. The van der Waals surface area contributed by atoms with E-state index in [1.807, 2.05) is 79.7 Å². The number of tetrazole rings is 1. The number of ketones is 2. The van der Waals surface area contributed by atoms with E-state index in [2.05, 4.69) is 57.9 Å². The second kappa shape index (κ2) is 47.7. The summed E-state index contributed by atoms with van der Waals surface area (Å²) in [4.78, 5) is 68.3. The number of nitrogens with zero attached hydrogens (tertiary/aromatic N) is 3. The number of aliphatic carboxylic acids is 4. The average Bonchev–Trinajstić information content (AvgIpc) is 1.30. The molecule has 548 valence electrons. The monoisotopic (exact) mass is 1430 g/mol. The van der Waals surface area contributed by atoms with E-state index in [4.69, 9.17) is 24.4 Å². The van der Waals surface area contributed by atoms with Crippen molar-refractivity contribution in [2.24, 2.45) is 0 Å². The number of aryl methyl sites for hydroxylation is 3. The number of hydrogen-bond donors (Lipinski definition) is 8. The summed E-state index contributed by atoms with van der Waals surface area (Å²) in [6, 6.07) is 32.2. The van der Waals surface area contributed by atoms with Crippen LogP contribution in [0.4, 0.5) is 0 Å². The Morgan fingerprint density at radius 3 is 1.92 bits per heavy atom. The molecule has 0 saturated carbocycles. The number of carboxylic acid groups (broad SMARTS) is 4. The predicted molar refractivity (Wildman–Crippen MR) is 397 cm³/mol. The molecule has 8 N–H and O–H groups in total. The van der Waals surface area contributed by atoms with Crippen LogP contribution in [0.5, 0.6) is 23.0 Å². The van der Waals surface area contributed by atoms with Crippen molar-refractivity contribution < 1.29 is 78.7 Å². The summed E-state index contributed by atoms with van der Waals surface area (Å²) in [6.45, 7) is 7.98. The number of rotatable bonds is 46. The highest BCUT2D eigenvalue weighted by molar-refractivity contribution is 8.00. The number of fused-ring (bicyclic) bond motifs is 1. The number of benzene rings is 5. The normalized spacial score (nSPS) is 13.7. The highest BCUT2D eigenvalue weighted by Gasteiger charge is 2.31. The van der Waals surface area contributed by atoms with E-state index in [9.17, 15) is 54.3 Å². The van der Waals surface area contributed by atoms with Crippen molar-refractivity contribution >= 4 is 59.0 Å². The van der Waals surface area contributed by atoms with Crippen molar-refractivity contribution in [2.45, 2.75) is 217 Å². The quantitative estimate of drug-likeness (QED) is 0.01000. The van der Waals surface area contributed by atoms with Gasteiger partial charge in [0.2, 0.25) is 5.82 Å². The number of hydrogen-bond acceptors (Lipinski definition) is 17. The third-order valence-corrected chi connectivity index (χ3v) is 19.5. The largest absolute Gasteiger partial charge is 0.507 e. The van der Waals surface area contributed by atoms with Gasteiger partial charge < -0.3 is 50.0 Å². The number of unbranched alkanes of at least 4 members (excludes halogenated alkanes) is 14. The number of Topliss-reactive ketones (excluding diaryl/α,β-unsaturated/α-hetero) is 2. The van der Waals surface area contributed by atoms with Gasteiger partial charge in [-0.1, -0.05) is 182 Å². The minimum atomic E-state index is -1.57. The lowest BCUT2D eigenvalue weighted by molar-refractivity contribution is -0.147. The van der Waals surface area contributed by atoms with Crippen molar-refractivity contribution in [2.75, 3.05) is 24.7 Å². The molecule has 2 heterocycles. The first-order valence-corrected chi connectivity index (χ1v) is 37.7. The third kappa shape index (κ3) is 30.8. The molecule has 22 heteroatoms. The number of aromatic hydroxyl groups is 1. The van der Waals surface area contributed by atoms with Gasteiger partial charge in [0.25, 0.3) is 0 Å². The number of aliphatic hydroxyl groups is 2. The minimum absolute atomic E-state index is 0.000213. The van der Waals surface area contributed by atoms with Crippen LogP contribution in [0, 0.1) is 0 Å². The number of carboxylic acids is 4. The van der Waals surface area contributed by atoms with Gasteiger partial charge in [0.05, 0.1) is 53.8 Å². The van der Waals surface area contributed by atoms with Gasteiger partial charge in [-0.05, 0) is 148 Å². The van der Waals surface area contributed by atoms with Gasteiger partial charge in [0.1, 0.15) is 23.0 Å². The lowest BCUT2D eigenvalue weighted by Gasteiger charge is -2.24. The molecule has 0 saturated heterocycles. The smallest absolute Gasteiger partial charge is 0.344 e. The number of phenolic OH excluding ortho intramolecular Hbond substituents is 1. The maximum Gasteiger partial charge on any atom is 0.344 e. The fraction of sp³-hybridized carbons (Fsp3) is 0.481. The molecule has 0 amide bonds. The number of carbonyl (C=O) groups excluding carboxylic acids is 2. The van der Waals surface area contributed by atoms with Gasteiger partial charge in [-0.25, -0.2) is 9.59 Å². The number of thioether (sulfide) groups is 2. The zero-order chi connectivity index (χ0) is 73.2. The highest BCUT2D eigenvalue weighted by atomic mass is 32.2. The molecule has 1 aliphatic rings. The van der Waals surface area contributed by atoms with Crippen molar-refractivity contribution in [3.05, 3.63) is 172 Å². The first-order chi connectivity index (χ1) is 48.8. The van der Waals surface area contributed by atoms with Gasteiger partial charge in [-0.3, -0.25) is 19.2 Å². The lowest BCUT2D eigenvalue weighted by atomic mass is 9.96. The van der Waals surface area contributed by atoms with Crippen LogP contribution in [0.2, 0.25) is 0 Å². The van der Waals surface area contributed by atoms with Crippen molar-refractivity contribution in [1.29, 1.82) is 0 Å². The maximum absolute atomic E-state index is 12.1. The van der Waals surface area contributed by atoms with Crippen LogP contribution in [0.3, 0.4) is 0 Å². The van der Waals surface area contributed by atoms with Crippen LogP contribution in [0.25, 0.3) is 11.4 Å². The van der Waals surface area contributed by atoms with Crippen LogP contribution in [-0.2, 0) is 44.9 Å². The van der Waals surface area contributed by atoms with Crippen LogP contribution < -0.4 is 14.2 Å². The fourth-order valence-electron chi connectivity index (χ4n) is 11.5. The van der Waals surface area contributed by atoms with E-state index >= 15 is 0 Å². The molecule has 0 spiro atoms. The Bertz CT molecular complexity index is 3530. The van der Waals surface area contributed by atoms with Crippen LogP contribution in [0.15, 0.2) is 127 Å². The molecule has 1 aromatic heterocycles. The molecule has 5 atom stereocenters. The number of H-pyrrole nitrogens is 1. The SMILES string of the molecule is CCCCCCCCC/C=C\C=C\[C@@H](SCCC(=O)O)[C@@H](O)c1cccc(-c2nn[nH]n2)c1.CCCc1c(OCCCCCOc2cc3c(cc2C(C)=O)CCC(C(=O)O)O3)ccc(C(C)=O)c1O.O=C(O)CCS[C@H](c1ccccc1CCCCCCCCc1ccccc1)[C@@H](O)C(=O)O. The number of carbonyl (C=O) groups is 6. The van der Waals surface area contributed by atoms with Gasteiger partial charge in [0, 0.05) is 28.7 Å². The number of phenols is 1. The van der Waals surface area contributed by atoms with Crippen molar-refractivity contribution in [1.82, 2.24) is 20.6 Å². The number of aliphatic hydroxyl groups excluding tert-OH is 2. The summed E-state index contributed by atoms with van der Waals surface area (Å²) in [7, 11) is 0. The summed E-state index contributed by atoms with van der Waals surface area (Å²) in [5.74, 6) is -1.80. The zero-order valence-corrected chi connectivity index (χ0v) is 60.6. The van der Waals surface area contributed by atoms with Crippen molar-refractivity contribution in [3.63, 3.8) is 0 Å². The molecule has 1 aliphatic heterocycles. The van der Waals surface area contributed by atoms with Gasteiger partial charge in [-0.2, -0.15) is 17.0 Å². The van der Waals surface area contributed by atoms with E-state index in [0.717, 1.165) is 85.6 Å². The van der Waals surface area contributed by atoms with E-state index in [1.165, 1.54) is 114 Å². The topological polar surface area (TPSA) is 326 Å². The second-order valence-electron chi connectivity index (χ2n) is 25.0. The van der Waals surface area contributed by atoms with Gasteiger partial charge in [-0.15, -0.1) is 22.0 Å². The molecular weight excluding hydrogens is 1330 g/mol. The summed E-state index contributed by atoms with van der Waals surface area (Å²) < 4.78 is 17.3. The van der Waals surface area contributed by atoms with E-state index in [1.54, 1.807) is 24.3 Å². The molecule has 0 radical (unpaired) electrons. The maximum atomic E-state index is 12.1. The first-order valence-electron chi connectivity index (χ1n) is 35.6. The first kappa shape index (κ1) is 83.4. The number of aromatic amines is 1. The molecule has 0 fully saturated rings. The number of nitrogens with one attached hydrogen (secondary N) is 1. The molecule has 1 unspecified atom stereocenters. The Morgan fingerprint density at radius 1 is 0.644 bits per heavy atom. The van der Waals surface area contributed by atoms with Crippen LogP contribution in [-0.4, -0.2) is 134 Å². The lowest BCUT2D eigenvalue weighted by Crippen LogP contribution is -2.31. The van der Waals surface area contributed by atoms with E-state index in [-0.39, 0.29) is 41.2 Å². The second-order valence-corrected chi connectivity index (χ2v) is 27.6. The third-order valence-electron chi connectivity index (χ3n) is 17.0. The Balaban J connectivity index is 0.000000274. The average molecular weight is 1430 g/mol. The van der Waals surface area contributed by atoms with Gasteiger partial charge in [0.15, 0.2) is 23.8 Å². The molecule has 20 nitrogen and oxygen atoms in total. The highest BCUT2D eigenvalue weighted by Crippen LogP contribution is 2.38. The Morgan fingerprint density at radius 2 is 1.28 bits per heavy atom. The molecule has 6 aromatic rings. The van der Waals surface area contributed by atoms with Crippen LogP contribution >= 0.6 is 23.5 Å². The van der Waals surface area contributed by atoms with E-state index < -0.39 is 47.4 Å². The Kier molecular flexibility index (Phi) is 39.4. The summed E-state index contributed by atoms with van der Waals surface area (Å²) in [5, 5.41) is 81.2. The predicted octanol–water partition coefficient (Wildman–Crippen LogP) is 16.4. The number of aromatic nitrogens is 4. The Labute approximate surface area is 603 Å². The minimum Gasteiger partial charge on any atom is -0.507 e. The number of ether oxygens (including phenoxy) is 3.